The maximum atomic E-state index is 12.2. The molecule has 4 N–H and O–H groups in total. The van der Waals surface area contributed by atoms with E-state index in [9.17, 15) is 18.0 Å². The molecule has 116 valence electrons. The van der Waals surface area contributed by atoms with Crippen LogP contribution in [-0.2, 0) is 14.8 Å². The highest BCUT2D eigenvalue weighted by Gasteiger charge is 2.27. The second-order valence-corrected chi connectivity index (χ2v) is 7.57. The van der Waals surface area contributed by atoms with E-state index < -0.39 is 27.9 Å². The van der Waals surface area contributed by atoms with Crippen LogP contribution in [0.3, 0.4) is 0 Å². The van der Waals surface area contributed by atoms with Gasteiger partial charge in [0.1, 0.15) is 6.04 Å². The second kappa shape index (κ2) is 6.71. The molecule has 1 rings (SSSR count). The van der Waals surface area contributed by atoms with Crippen LogP contribution in [-0.4, -0.2) is 31.4 Å². The zero-order chi connectivity index (χ0) is 16.4. The van der Waals surface area contributed by atoms with Crippen molar-refractivity contribution in [2.24, 2.45) is 11.7 Å². The Morgan fingerprint density at radius 2 is 1.90 bits per heavy atom. The van der Waals surface area contributed by atoms with Crippen LogP contribution in [0.15, 0.2) is 23.1 Å². The van der Waals surface area contributed by atoms with Crippen LogP contribution < -0.4 is 10.5 Å². The van der Waals surface area contributed by atoms with Crippen LogP contribution >= 0.6 is 22.6 Å². The zero-order valence-electron chi connectivity index (χ0n) is 11.3. The minimum absolute atomic E-state index is 0.126. The summed E-state index contributed by atoms with van der Waals surface area (Å²) in [4.78, 5) is 22.1. The van der Waals surface area contributed by atoms with E-state index >= 15 is 0 Å². The first kappa shape index (κ1) is 17.9. The van der Waals surface area contributed by atoms with Crippen molar-refractivity contribution in [1.82, 2.24) is 4.72 Å². The maximum Gasteiger partial charge on any atom is 0.336 e. The van der Waals surface area contributed by atoms with Gasteiger partial charge in [0.25, 0.3) is 0 Å². The van der Waals surface area contributed by atoms with Crippen LogP contribution in [0, 0.1) is 9.49 Å². The Morgan fingerprint density at radius 3 is 2.33 bits per heavy atom. The van der Waals surface area contributed by atoms with Crippen molar-refractivity contribution in [2.45, 2.75) is 24.8 Å². The smallest absolute Gasteiger partial charge is 0.336 e. The van der Waals surface area contributed by atoms with Gasteiger partial charge in [-0.15, -0.1) is 0 Å². The van der Waals surface area contributed by atoms with Crippen molar-refractivity contribution in [2.75, 3.05) is 0 Å². The summed E-state index contributed by atoms with van der Waals surface area (Å²) < 4.78 is 27.1. The van der Waals surface area contributed by atoms with Gasteiger partial charge in [0.15, 0.2) is 0 Å². The molecular formula is C12H15IN2O5S. The number of aromatic carboxylic acids is 1. The van der Waals surface area contributed by atoms with E-state index in [2.05, 4.69) is 4.72 Å². The van der Waals surface area contributed by atoms with Gasteiger partial charge in [-0.25, -0.2) is 13.2 Å². The molecule has 0 saturated heterocycles. The molecule has 1 atom stereocenters. The third-order valence-electron chi connectivity index (χ3n) is 2.73. The highest BCUT2D eigenvalue weighted by molar-refractivity contribution is 14.1. The average Bonchev–Trinajstić information content (AvgIpc) is 2.35. The van der Waals surface area contributed by atoms with E-state index in [1.165, 1.54) is 12.1 Å². The Bertz CT molecular complexity index is 672. The van der Waals surface area contributed by atoms with Crippen molar-refractivity contribution >= 4 is 44.5 Å². The zero-order valence-corrected chi connectivity index (χ0v) is 14.3. The van der Waals surface area contributed by atoms with Gasteiger partial charge in [0.2, 0.25) is 15.9 Å². The third kappa shape index (κ3) is 4.38. The second-order valence-electron chi connectivity index (χ2n) is 4.69. The fourth-order valence-corrected chi connectivity index (χ4v) is 3.54. The van der Waals surface area contributed by atoms with Gasteiger partial charge in [0, 0.05) is 3.57 Å². The highest BCUT2D eigenvalue weighted by Crippen LogP contribution is 2.19. The molecule has 7 nitrogen and oxygen atoms in total. The number of benzene rings is 1. The lowest BCUT2D eigenvalue weighted by Crippen LogP contribution is -2.47. The number of sulfonamides is 1. The standard InChI is InChI=1S/C12H15IN2O5S/c1-6(2)10(11(14)16)15-21(19,20)7-3-4-9(13)8(5-7)12(17)18/h3-6,10,15H,1-2H3,(H2,14,16)(H,17,18). The fraction of sp³-hybridized carbons (Fsp3) is 0.333. The van der Waals surface area contributed by atoms with Gasteiger partial charge in [-0.1, -0.05) is 13.8 Å². The number of amides is 1. The number of nitrogens with two attached hydrogens (primary N) is 1. The molecule has 1 amide bonds. The van der Waals surface area contributed by atoms with Crippen molar-refractivity contribution < 1.29 is 23.1 Å². The Morgan fingerprint density at radius 1 is 1.33 bits per heavy atom. The minimum atomic E-state index is -4.04. The van der Waals surface area contributed by atoms with E-state index in [0.717, 1.165) is 6.07 Å². The molecule has 0 aliphatic rings. The van der Waals surface area contributed by atoms with Crippen LogP contribution in [0.2, 0.25) is 0 Å². The quantitative estimate of drug-likeness (QED) is 0.580. The predicted octanol–water partition coefficient (Wildman–Crippen LogP) is 0.778. The summed E-state index contributed by atoms with van der Waals surface area (Å²) in [5.74, 6) is -2.36. The number of carboxylic acid groups (broad SMARTS) is 1. The van der Waals surface area contributed by atoms with E-state index in [-0.39, 0.29) is 16.4 Å². The summed E-state index contributed by atoms with van der Waals surface area (Å²) in [5, 5.41) is 9.02. The van der Waals surface area contributed by atoms with E-state index in [0.29, 0.717) is 3.57 Å². The van der Waals surface area contributed by atoms with Crippen molar-refractivity contribution in [3.63, 3.8) is 0 Å². The van der Waals surface area contributed by atoms with Crippen molar-refractivity contribution in [1.29, 1.82) is 0 Å². The maximum absolute atomic E-state index is 12.2. The molecule has 21 heavy (non-hydrogen) atoms. The lowest BCUT2D eigenvalue weighted by atomic mass is 10.1. The average molecular weight is 426 g/mol. The molecule has 0 fully saturated rings. The van der Waals surface area contributed by atoms with Gasteiger partial charge in [-0.3, -0.25) is 4.79 Å². The monoisotopic (exact) mass is 426 g/mol. The molecule has 9 heteroatoms. The molecule has 1 aromatic rings. The number of halogens is 1. The van der Waals surface area contributed by atoms with Gasteiger partial charge in [-0.2, -0.15) is 4.72 Å². The Kier molecular flexibility index (Phi) is 5.70. The molecule has 0 bridgehead atoms. The molecule has 0 heterocycles. The first-order valence-electron chi connectivity index (χ1n) is 5.90. The topological polar surface area (TPSA) is 127 Å². The molecule has 0 radical (unpaired) electrons. The number of carbonyl (C=O) groups excluding carboxylic acids is 1. The third-order valence-corrected chi connectivity index (χ3v) is 5.11. The molecule has 0 aromatic heterocycles. The molecule has 0 aliphatic heterocycles. The number of carbonyl (C=O) groups is 2. The normalized spacial score (nSPS) is 13.1. The molecule has 1 aromatic carbocycles. The first-order chi connectivity index (χ1) is 9.56. The summed E-state index contributed by atoms with van der Waals surface area (Å²) in [6.45, 7) is 3.29. The van der Waals surface area contributed by atoms with Crippen LogP contribution in [0.5, 0.6) is 0 Å². The van der Waals surface area contributed by atoms with Gasteiger partial charge >= 0.3 is 5.97 Å². The number of hydrogen-bond donors (Lipinski definition) is 3. The number of carboxylic acids is 1. The molecule has 0 spiro atoms. The Labute approximate surface area is 136 Å². The van der Waals surface area contributed by atoms with Gasteiger partial charge in [-0.05, 0) is 46.7 Å². The van der Waals surface area contributed by atoms with E-state index in [1.807, 2.05) is 0 Å². The van der Waals surface area contributed by atoms with E-state index in [1.54, 1.807) is 36.4 Å². The fourth-order valence-electron chi connectivity index (χ4n) is 1.59. The van der Waals surface area contributed by atoms with Gasteiger partial charge < -0.3 is 10.8 Å². The van der Waals surface area contributed by atoms with Crippen LogP contribution in [0.25, 0.3) is 0 Å². The summed E-state index contributed by atoms with van der Waals surface area (Å²) in [6.07, 6.45) is 0. The van der Waals surface area contributed by atoms with Crippen molar-refractivity contribution in [3.8, 4) is 0 Å². The SMILES string of the molecule is CC(C)C(NS(=O)(=O)c1ccc(I)c(C(=O)O)c1)C(N)=O. The molecule has 0 aliphatic carbocycles. The highest BCUT2D eigenvalue weighted by atomic mass is 127. The van der Waals surface area contributed by atoms with Crippen molar-refractivity contribution in [3.05, 3.63) is 27.3 Å². The van der Waals surface area contributed by atoms with Crippen LogP contribution in [0.4, 0.5) is 0 Å². The largest absolute Gasteiger partial charge is 0.478 e. The number of rotatable bonds is 6. The number of nitrogens with one attached hydrogen (secondary N) is 1. The minimum Gasteiger partial charge on any atom is -0.478 e. The molecule has 1 unspecified atom stereocenters. The van der Waals surface area contributed by atoms with Crippen LogP contribution in [0.1, 0.15) is 24.2 Å². The van der Waals surface area contributed by atoms with E-state index in [4.69, 9.17) is 10.8 Å². The number of primary amides is 1. The summed E-state index contributed by atoms with van der Waals surface area (Å²) in [7, 11) is -4.04. The lowest BCUT2D eigenvalue weighted by molar-refractivity contribution is -0.120. The predicted molar refractivity (Wildman–Crippen MR) is 84.3 cm³/mol. The summed E-state index contributed by atoms with van der Waals surface area (Å²) in [6, 6.07) is 2.63. The Hall–Kier alpha value is -1.20. The summed E-state index contributed by atoms with van der Waals surface area (Å²) in [5.41, 5.74) is 5.04. The number of hydrogen-bond acceptors (Lipinski definition) is 4. The van der Waals surface area contributed by atoms with Gasteiger partial charge in [0.05, 0.1) is 10.5 Å². The Balaban J connectivity index is 3.22. The lowest BCUT2D eigenvalue weighted by Gasteiger charge is -2.19. The molecule has 0 saturated carbocycles. The molecular weight excluding hydrogens is 411 g/mol. The summed E-state index contributed by atoms with van der Waals surface area (Å²) >= 11 is 1.80. The first-order valence-corrected chi connectivity index (χ1v) is 8.47.